The Labute approximate surface area is 91.9 Å². The van der Waals surface area contributed by atoms with E-state index in [1.807, 2.05) is 0 Å². The number of benzene rings is 1. The van der Waals surface area contributed by atoms with Crippen LogP contribution in [0.4, 0.5) is 0 Å². The first-order valence-electron chi connectivity index (χ1n) is 6.21. The summed E-state index contributed by atoms with van der Waals surface area (Å²) in [5.41, 5.74) is 3.01. The molecule has 1 N–H and O–H groups in total. The minimum Gasteiger partial charge on any atom is -0.312 e. The van der Waals surface area contributed by atoms with Crippen LogP contribution in [0.15, 0.2) is 24.3 Å². The molecule has 1 aromatic rings. The Morgan fingerprint density at radius 1 is 1.13 bits per heavy atom. The van der Waals surface area contributed by atoms with Crippen LogP contribution in [0, 0.1) is 5.92 Å². The van der Waals surface area contributed by atoms with Crippen molar-refractivity contribution < 1.29 is 0 Å². The van der Waals surface area contributed by atoms with Gasteiger partial charge in [-0.1, -0.05) is 24.3 Å². The predicted octanol–water partition coefficient (Wildman–Crippen LogP) is 3.06. The quantitative estimate of drug-likeness (QED) is 0.772. The average Bonchev–Trinajstić information content (AvgIpc) is 3.13. The fraction of sp³-hybridized carbons (Fsp3) is 0.571. The van der Waals surface area contributed by atoms with Gasteiger partial charge in [0.2, 0.25) is 0 Å². The first-order valence-corrected chi connectivity index (χ1v) is 6.21. The summed E-state index contributed by atoms with van der Waals surface area (Å²) in [7, 11) is 0. The van der Waals surface area contributed by atoms with E-state index in [9.17, 15) is 0 Å². The van der Waals surface area contributed by atoms with Crippen LogP contribution in [0.2, 0.25) is 0 Å². The standard InChI is InChI=1S/C14H19N/c1-2-12(10-15-9-11-4-5-11)8-14(3-1)13-6-7-13/h1-3,8,11,13,15H,4-7,9-10H2. The van der Waals surface area contributed by atoms with E-state index >= 15 is 0 Å². The second kappa shape index (κ2) is 3.97. The van der Waals surface area contributed by atoms with Crippen molar-refractivity contribution in [2.45, 2.75) is 38.1 Å². The summed E-state index contributed by atoms with van der Waals surface area (Å²) in [6.07, 6.45) is 5.68. The van der Waals surface area contributed by atoms with Crippen LogP contribution in [0.1, 0.15) is 42.7 Å². The lowest BCUT2D eigenvalue weighted by molar-refractivity contribution is 0.638. The molecule has 0 aromatic heterocycles. The molecule has 0 amide bonds. The van der Waals surface area contributed by atoms with Crippen molar-refractivity contribution in [2.24, 2.45) is 5.92 Å². The third-order valence-corrected chi connectivity index (χ3v) is 3.46. The van der Waals surface area contributed by atoms with Gasteiger partial charge in [0.15, 0.2) is 0 Å². The van der Waals surface area contributed by atoms with Crippen LogP contribution >= 0.6 is 0 Å². The molecule has 1 heteroatoms. The SMILES string of the molecule is c1cc(CNCC2CC2)cc(C2CC2)c1. The summed E-state index contributed by atoms with van der Waals surface area (Å²) in [6, 6.07) is 9.12. The van der Waals surface area contributed by atoms with Gasteiger partial charge in [-0.2, -0.15) is 0 Å². The smallest absolute Gasteiger partial charge is 0.0205 e. The fourth-order valence-corrected chi connectivity index (χ4v) is 2.12. The largest absolute Gasteiger partial charge is 0.312 e. The van der Waals surface area contributed by atoms with Crippen molar-refractivity contribution in [1.29, 1.82) is 0 Å². The average molecular weight is 201 g/mol. The summed E-state index contributed by atoms with van der Waals surface area (Å²) in [4.78, 5) is 0. The van der Waals surface area contributed by atoms with Crippen LogP contribution < -0.4 is 5.32 Å². The van der Waals surface area contributed by atoms with Crippen LogP contribution in [0.25, 0.3) is 0 Å². The van der Waals surface area contributed by atoms with Gasteiger partial charge in [-0.15, -0.1) is 0 Å². The molecule has 1 aromatic carbocycles. The van der Waals surface area contributed by atoms with Gasteiger partial charge < -0.3 is 5.32 Å². The Hall–Kier alpha value is -0.820. The van der Waals surface area contributed by atoms with E-state index in [-0.39, 0.29) is 0 Å². The van der Waals surface area contributed by atoms with Gasteiger partial charge in [0.05, 0.1) is 0 Å². The van der Waals surface area contributed by atoms with Crippen molar-refractivity contribution in [2.75, 3.05) is 6.54 Å². The second-order valence-corrected chi connectivity index (χ2v) is 5.09. The maximum Gasteiger partial charge on any atom is 0.0205 e. The molecule has 0 unspecified atom stereocenters. The van der Waals surface area contributed by atoms with Crippen LogP contribution in [0.3, 0.4) is 0 Å². The Morgan fingerprint density at radius 3 is 2.73 bits per heavy atom. The van der Waals surface area contributed by atoms with E-state index in [1.165, 1.54) is 37.8 Å². The molecular weight excluding hydrogens is 182 g/mol. The maximum absolute atomic E-state index is 3.55. The molecular formula is C14H19N. The number of hydrogen-bond acceptors (Lipinski definition) is 1. The van der Waals surface area contributed by atoms with E-state index in [0.29, 0.717) is 0 Å². The van der Waals surface area contributed by atoms with Gasteiger partial charge in [-0.05, 0) is 55.2 Å². The first-order chi connectivity index (χ1) is 7.42. The predicted molar refractivity (Wildman–Crippen MR) is 62.8 cm³/mol. The van der Waals surface area contributed by atoms with Crippen LogP contribution in [-0.2, 0) is 6.54 Å². The van der Waals surface area contributed by atoms with Gasteiger partial charge in [0.1, 0.15) is 0 Å². The van der Waals surface area contributed by atoms with Crippen molar-refractivity contribution in [3.8, 4) is 0 Å². The number of rotatable bonds is 5. The molecule has 2 aliphatic rings. The summed E-state index contributed by atoms with van der Waals surface area (Å²) in [6.45, 7) is 2.27. The van der Waals surface area contributed by atoms with Crippen molar-refractivity contribution in [3.05, 3.63) is 35.4 Å². The summed E-state index contributed by atoms with van der Waals surface area (Å²) in [5, 5.41) is 3.55. The van der Waals surface area contributed by atoms with Crippen molar-refractivity contribution in [1.82, 2.24) is 5.32 Å². The zero-order valence-corrected chi connectivity index (χ0v) is 9.21. The monoisotopic (exact) mass is 201 g/mol. The third-order valence-electron chi connectivity index (χ3n) is 3.46. The lowest BCUT2D eigenvalue weighted by Gasteiger charge is -2.05. The minimum absolute atomic E-state index is 0.883. The molecule has 80 valence electrons. The Kier molecular flexibility index (Phi) is 2.49. The lowest BCUT2D eigenvalue weighted by Crippen LogP contribution is -2.16. The topological polar surface area (TPSA) is 12.0 Å². The molecule has 0 heterocycles. The maximum atomic E-state index is 3.55. The minimum atomic E-state index is 0.883. The molecule has 0 spiro atoms. The van der Waals surface area contributed by atoms with E-state index in [4.69, 9.17) is 0 Å². The highest BCUT2D eigenvalue weighted by molar-refractivity contribution is 5.29. The van der Waals surface area contributed by atoms with Gasteiger partial charge in [0.25, 0.3) is 0 Å². The molecule has 15 heavy (non-hydrogen) atoms. The first kappa shape index (κ1) is 9.41. The normalized spacial score (nSPS) is 20.5. The Morgan fingerprint density at radius 2 is 2.00 bits per heavy atom. The summed E-state index contributed by atoms with van der Waals surface area (Å²) in [5.74, 6) is 1.87. The summed E-state index contributed by atoms with van der Waals surface area (Å²) < 4.78 is 0. The molecule has 0 radical (unpaired) electrons. The highest BCUT2D eigenvalue weighted by atomic mass is 14.9. The summed E-state index contributed by atoms with van der Waals surface area (Å²) >= 11 is 0. The van der Waals surface area contributed by atoms with E-state index in [2.05, 4.69) is 29.6 Å². The van der Waals surface area contributed by atoms with Crippen molar-refractivity contribution >= 4 is 0 Å². The molecule has 2 aliphatic carbocycles. The van der Waals surface area contributed by atoms with Crippen molar-refractivity contribution in [3.63, 3.8) is 0 Å². The molecule has 0 atom stereocenters. The van der Waals surface area contributed by atoms with E-state index in [0.717, 1.165) is 18.4 Å². The lowest BCUT2D eigenvalue weighted by atomic mass is 10.1. The van der Waals surface area contributed by atoms with Gasteiger partial charge in [-0.25, -0.2) is 0 Å². The third kappa shape index (κ3) is 2.60. The Bertz CT molecular complexity index is 337. The molecule has 0 aliphatic heterocycles. The Balaban J connectivity index is 1.55. The molecule has 0 saturated heterocycles. The zero-order valence-electron chi connectivity index (χ0n) is 9.21. The molecule has 0 bridgehead atoms. The molecule has 1 nitrogen and oxygen atoms in total. The van der Waals surface area contributed by atoms with Gasteiger partial charge >= 0.3 is 0 Å². The number of hydrogen-bond donors (Lipinski definition) is 1. The molecule has 2 fully saturated rings. The van der Waals surface area contributed by atoms with Crippen LogP contribution in [-0.4, -0.2) is 6.54 Å². The highest BCUT2D eigenvalue weighted by Gasteiger charge is 2.23. The van der Waals surface area contributed by atoms with Gasteiger partial charge in [-0.3, -0.25) is 0 Å². The molecule has 2 saturated carbocycles. The van der Waals surface area contributed by atoms with E-state index in [1.54, 1.807) is 5.56 Å². The van der Waals surface area contributed by atoms with E-state index < -0.39 is 0 Å². The van der Waals surface area contributed by atoms with Gasteiger partial charge in [0, 0.05) is 6.54 Å². The number of nitrogens with one attached hydrogen (secondary N) is 1. The zero-order chi connectivity index (χ0) is 10.1. The van der Waals surface area contributed by atoms with Crippen LogP contribution in [0.5, 0.6) is 0 Å². The second-order valence-electron chi connectivity index (χ2n) is 5.09. The molecule has 3 rings (SSSR count). The fourth-order valence-electron chi connectivity index (χ4n) is 2.12. The highest BCUT2D eigenvalue weighted by Crippen LogP contribution is 2.40.